The molecule has 0 saturated heterocycles. The summed E-state index contributed by atoms with van der Waals surface area (Å²) in [5.41, 5.74) is 22.5. The lowest BCUT2D eigenvalue weighted by atomic mass is 9.92. The number of fused-ring (bicyclic) bond motifs is 1. The van der Waals surface area contributed by atoms with Gasteiger partial charge in [-0.2, -0.15) is 0 Å². The third-order valence-corrected chi connectivity index (χ3v) is 7.77. The predicted octanol–water partition coefficient (Wildman–Crippen LogP) is 7.02. The molecule has 0 aromatic heterocycles. The standard InChI is InChI=1S/C36H40N4/c1-4-28(22-32-24-34(32)38-20-12-11-13-26(2)21-29-15-6-5-14-27(29)3)33(37)25-39-40-35-18-9-7-16-30(35)23-31-17-8-10-19-36(31)40/h4-9,11-18,20,24,34,38-39H,1-2,10,19,21-23,25,37H2,3H3/b13-11-,20-12-,33-28-. The molecule has 40 heavy (non-hydrogen) atoms. The van der Waals surface area contributed by atoms with Gasteiger partial charge in [-0.1, -0.05) is 97.7 Å². The third-order valence-electron chi connectivity index (χ3n) is 7.77. The average Bonchev–Trinajstić information content (AvgIpc) is 3.72. The summed E-state index contributed by atoms with van der Waals surface area (Å²) in [6, 6.07) is 17.3. The van der Waals surface area contributed by atoms with Crippen molar-refractivity contribution >= 4 is 5.69 Å². The van der Waals surface area contributed by atoms with E-state index in [1.54, 1.807) is 0 Å². The van der Waals surface area contributed by atoms with Crippen molar-refractivity contribution < 1.29 is 0 Å². The first-order valence-corrected chi connectivity index (χ1v) is 14.2. The fourth-order valence-electron chi connectivity index (χ4n) is 5.35. The molecule has 4 heteroatoms. The number of aryl methyl sites for hydroxylation is 1. The van der Waals surface area contributed by atoms with Crippen LogP contribution >= 0.6 is 0 Å². The molecular weight excluding hydrogens is 488 g/mol. The maximum Gasteiger partial charge on any atom is 0.0660 e. The number of nitrogens with zero attached hydrogens (tertiary/aromatic N) is 1. The number of nitrogens with one attached hydrogen (secondary N) is 2. The summed E-state index contributed by atoms with van der Waals surface area (Å²) in [5.74, 6) is 0. The molecule has 4 N–H and O–H groups in total. The zero-order valence-corrected chi connectivity index (χ0v) is 23.5. The van der Waals surface area contributed by atoms with Gasteiger partial charge in [-0.05, 0) is 84.4 Å². The zero-order valence-electron chi connectivity index (χ0n) is 23.5. The fraction of sp³-hybridized carbons (Fsp3) is 0.222. The zero-order chi connectivity index (χ0) is 27.9. The van der Waals surface area contributed by atoms with E-state index in [2.05, 4.69) is 109 Å². The second-order valence-electron chi connectivity index (χ2n) is 10.7. The minimum atomic E-state index is 0.270. The van der Waals surface area contributed by atoms with Crippen LogP contribution in [0.3, 0.4) is 0 Å². The number of hydrazine groups is 1. The second kappa shape index (κ2) is 12.7. The Kier molecular flexibility index (Phi) is 8.68. The van der Waals surface area contributed by atoms with Crippen molar-refractivity contribution in [1.82, 2.24) is 10.7 Å². The number of nitrogens with two attached hydrogens (primary N) is 1. The Bertz CT molecular complexity index is 1460. The molecule has 3 aliphatic rings. The van der Waals surface area contributed by atoms with Gasteiger partial charge in [0.15, 0.2) is 0 Å². The second-order valence-corrected chi connectivity index (χ2v) is 10.7. The van der Waals surface area contributed by atoms with Gasteiger partial charge < -0.3 is 11.1 Å². The Morgan fingerprint density at radius 3 is 2.77 bits per heavy atom. The lowest BCUT2D eigenvalue weighted by Crippen LogP contribution is -2.43. The fourth-order valence-corrected chi connectivity index (χ4v) is 5.35. The van der Waals surface area contributed by atoms with E-state index >= 15 is 0 Å². The van der Waals surface area contributed by atoms with Gasteiger partial charge in [0, 0.05) is 17.8 Å². The van der Waals surface area contributed by atoms with Gasteiger partial charge in [0.05, 0.1) is 18.3 Å². The van der Waals surface area contributed by atoms with Gasteiger partial charge >= 0.3 is 0 Å². The van der Waals surface area contributed by atoms with Crippen LogP contribution in [0.1, 0.15) is 36.0 Å². The van der Waals surface area contributed by atoms with Crippen LogP contribution in [0.5, 0.6) is 0 Å². The molecule has 2 aliphatic carbocycles. The van der Waals surface area contributed by atoms with Crippen LogP contribution in [0, 0.1) is 6.92 Å². The number of para-hydroxylation sites is 1. The summed E-state index contributed by atoms with van der Waals surface area (Å²) in [7, 11) is 0. The van der Waals surface area contributed by atoms with Gasteiger partial charge in [-0.3, -0.25) is 5.01 Å². The van der Waals surface area contributed by atoms with Crippen molar-refractivity contribution in [3.05, 3.63) is 161 Å². The van der Waals surface area contributed by atoms with E-state index in [-0.39, 0.29) is 6.04 Å². The summed E-state index contributed by atoms with van der Waals surface area (Å²) in [4.78, 5) is 0. The SMILES string of the molecule is C=C/C(CC1=CC1N/C=C\C=C/C(=C)Cc1ccccc1C)=C(/N)CNN1C2=C(C=CCC2)Cc2ccccc21. The first kappa shape index (κ1) is 27.3. The quantitative estimate of drug-likeness (QED) is 0.205. The van der Waals surface area contributed by atoms with Crippen molar-refractivity contribution in [1.29, 1.82) is 0 Å². The summed E-state index contributed by atoms with van der Waals surface area (Å²) in [5, 5.41) is 5.70. The minimum Gasteiger partial charge on any atom is -0.401 e. The molecule has 5 rings (SSSR count). The van der Waals surface area contributed by atoms with Gasteiger partial charge in [0.2, 0.25) is 0 Å². The molecule has 2 aromatic carbocycles. The third kappa shape index (κ3) is 6.64. The summed E-state index contributed by atoms with van der Waals surface area (Å²) >= 11 is 0. The number of hydrogen-bond donors (Lipinski definition) is 3. The van der Waals surface area contributed by atoms with Crippen LogP contribution in [0.4, 0.5) is 5.69 Å². The topological polar surface area (TPSA) is 53.3 Å². The Morgan fingerprint density at radius 2 is 1.93 bits per heavy atom. The molecule has 0 radical (unpaired) electrons. The highest BCUT2D eigenvalue weighted by atomic mass is 15.5. The molecule has 1 heterocycles. The maximum absolute atomic E-state index is 6.60. The minimum absolute atomic E-state index is 0.270. The Balaban J connectivity index is 1.11. The highest BCUT2D eigenvalue weighted by molar-refractivity contribution is 5.64. The van der Waals surface area contributed by atoms with Gasteiger partial charge in [0.1, 0.15) is 0 Å². The number of hydrogen-bond acceptors (Lipinski definition) is 4. The lowest BCUT2D eigenvalue weighted by Gasteiger charge is -2.36. The Labute approximate surface area is 239 Å². The highest BCUT2D eigenvalue weighted by Crippen LogP contribution is 2.36. The first-order chi connectivity index (χ1) is 19.5. The maximum atomic E-state index is 6.60. The monoisotopic (exact) mass is 528 g/mol. The number of anilines is 1. The molecular formula is C36H40N4. The average molecular weight is 529 g/mol. The Hall–Kier alpha value is -4.28. The van der Waals surface area contributed by atoms with Crippen molar-refractivity contribution in [3.8, 4) is 0 Å². The van der Waals surface area contributed by atoms with Gasteiger partial charge in [-0.15, -0.1) is 0 Å². The van der Waals surface area contributed by atoms with Crippen molar-refractivity contribution in [2.75, 3.05) is 11.6 Å². The smallest absolute Gasteiger partial charge is 0.0660 e. The molecule has 0 bridgehead atoms. The number of benzene rings is 2. The summed E-state index contributed by atoms with van der Waals surface area (Å²) in [6.45, 7) is 10.9. The molecule has 1 atom stereocenters. The number of rotatable bonds is 12. The molecule has 1 aliphatic heterocycles. The predicted molar refractivity (Wildman–Crippen MR) is 169 cm³/mol. The summed E-state index contributed by atoms with van der Waals surface area (Å²) in [6.07, 6.45) is 21.6. The molecule has 0 spiro atoms. The van der Waals surface area contributed by atoms with Gasteiger partial charge in [-0.25, -0.2) is 5.43 Å². The van der Waals surface area contributed by atoms with E-state index in [0.29, 0.717) is 6.54 Å². The highest BCUT2D eigenvalue weighted by Gasteiger charge is 2.26. The van der Waals surface area contributed by atoms with Crippen LogP contribution in [-0.4, -0.2) is 12.6 Å². The van der Waals surface area contributed by atoms with E-state index in [9.17, 15) is 0 Å². The van der Waals surface area contributed by atoms with E-state index in [1.165, 1.54) is 39.2 Å². The van der Waals surface area contributed by atoms with Crippen molar-refractivity contribution in [3.63, 3.8) is 0 Å². The van der Waals surface area contributed by atoms with Crippen molar-refractivity contribution in [2.24, 2.45) is 5.73 Å². The van der Waals surface area contributed by atoms with Crippen LogP contribution in [0.25, 0.3) is 0 Å². The molecule has 0 saturated carbocycles. The van der Waals surface area contributed by atoms with E-state index in [0.717, 1.165) is 48.9 Å². The Morgan fingerprint density at radius 1 is 1.10 bits per heavy atom. The molecule has 0 fully saturated rings. The normalized spacial score (nSPS) is 18.4. The van der Waals surface area contributed by atoms with Gasteiger partial charge in [0.25, 0.3) is 0 Å². The first-order valence-electron chi connectivity index (χ1n) is 14.2. The molecule has 204 valence electrons. The van der Waals surface area contributed by atoms with Crippen LogP contribution in [0.15, 0.2) is 144 Å². The van der Waals surface area contributed by atoms with Crippen molar-refractivity contribution in [2.45, 2.75) is 45.1 Å². The van der Waals surface area contributed by atoms with Crippen LogP contribution in [0.2, 0.25) is 0 Å². The van der Waals surface area contributed by atoms with E-state index < -0.39 is 0 Å². The summed E-state index contributed by atoms with van der Waals surface area (Å²) < 4.78 is 0. The van der Waals surface area contributed by atoms with E-state index in [1.807, 2.05) is 24.4 Å². The lowest BCUT2D eigenvalue weighted by molar-refractivity contribution is 0.665. The van der Waals surface area contributed by atoms with E-state index in [4.69, 9.17) is 5.73 Å². The molecule has 2 aromatic rings. The molecule has 0 amide bonds. The van der Waals surface area contributed by atoms with Crippen LogP contribution < -0.4 is 21.5 Å². The largest absolute Gasteiger partial charge is 0.401 e. The number of allylic oxidation sites excluding steroid dienone is 10. The molecule has 1 unspecified atom stereocenters. The molecule has 4 nitrogen and oxygen atoms in total. The van der Waals surface area contributed by atoms with Crippen LogP contribution in [-0.2, 0) is 12.8 Å².